The van der Waals surface area contributed by atoms with Crippen LogP contribution in [0.15, 0.2) is 30.3 Å². The number of esters is 1. The molecule has 6 rings (SSSR count). The van der Waals surface area contributed by atoms with E-state index >= 15 is 0 Å². The Morgan fingerprint density at radius 2 is 1.85 bits per heavy atom. The van der Waals surface area contributed by atoms with Gasteiger partial charge in [-0.15, -0.1) is 0 Å². The van der Waals surface area contributed by atoms with Crippen LogP contribution in [0.5, 0.6) is 0 Å². The van der Waals surface area contributed by atoms with Crippen LogP contribution in [0.2, 0.25) is 0 Å². The molecule has 0 spiro atoms. The molecule has 1 N–H and O–H groups in total. The Hall–Kier alpha value is -1.66. The van der Waals surface area contributed by atoms with Gasteiger partial charge in [-0.3, -0.25) is 4.79 Å². The lowest BCUT2D eigenvalue weighted by Crippen LogP contribution is -2.66. The molecule has 0 radical (unpaired) electrons. The molecule has 1 aromatic rings. The topological polar surface area (TPSA) is 53.0 Å². The van der Waals surface area contributed by atoms with Gasteiger partial charge in [-0.05, 0) is 49.5 Å². The second kappa shape index (κ2) is 6.74. The number of aliphatic hydroxyl groups is 1. The molecule has 1 aromatic carbocycles. The van der Waals surface area contributed by atoms with Crippen LogP contribution >= 0.6 is 12.2 Å². The average molecular weight is 387 g/mol. The first-order valence-corrected chi connectivity index (χ1v) is 10.6. The largest absolute Gasteiger partial charge is 0.457 e. The summed E-state index contributed by atoms with van der Waals surface area (Å²) in [4.78, 5) is 16.9. The molecule has 2 bridgehead atoms. The van der Waals surface area contributed by atoms with E-state index < -0.39 is 12.2 Å². The van der Waals surface area contributed by atoms with E-state index in [0.29, 0.717) is 12.3 Å². The predicted molar refractivity (Wildman–Crippen MR) is 106 cm³/mol. The number of thiocarbonyl (C=S) groups is 1. The molecule has 3 heterocycles. The number of aliphatic hydroxyl groups excluding tert-OH is 1. The first-order valence-electron chi connectivity index (χ1n) is 10.2. The number of hydrogen-bond donors (Lipinski definition) is 1. The summed E-state index contributed by atoms with van der Waals surface area (Å²) < 4.78 is 5.65. The van der Waals surface area contributed by atoms with Crippen LogP contribution in [-0.4, -0.2) is 51.9 Å². The van der Waals surface area contributed by atoms with Crippen molar-refractivity contribution in [1.29, 1.82) is 0 Å². The van der Waals surface area contributed by atoms with E-state index in [-0.39, 0.29) is 24.0 Å². The molecule has 27 heavy (non-hydrogen) atoms. The normalized spacial score (nSPS) is 36.1. The molecule has 5 atom stereocenters. The lowest BCUT2D eigenvalue weighted by atomic mass is 9.74. The van der Waals surface area contributed by atoms with Crippen LogP contribution in [-0.2, 0) is 9.53 Å². The molecule has 5 nitrogen and oxygen atoms in total. The molecule has 6 heteroatoms. The van der Waals surface area contributed by atoms with Crippen molar-refractivity contribution < 1.29 is 14.6 Å². The molecular formula is C21H26N2O3S. The van der Waals surface area contributed by atoms with Crippen LogP contribution in [0.4, 0.5) is 5.69 Å². The lowest BCUT2D eigenvalue weighted by Gasteiger charge is -2.49. The average Bonchev–Trinajstić information content (AvgIpc) is 2.98. The van der Waals surface area contributed by atoms with Crippen LogP contribution in [0.1, 0.15) is 38.5 Å². The summed E-state index contributed by atoms with van der Waals surface area (Å²) in [6.45, 7) is 0.900. The number of carbonyl (C=O) groups excluding carboxylic acids is 1. The Bertz CT molecular complexity index is 736. The summed E-state index contributed by atoms with van der Waals surface area (Å²) in [5, 5.41) is 11.3. The molecule has 0 aromatic heterocycles. The smallest absolute Gasteiger partial charge is 0.311 e. The summed E-state index contributed by atoms with van der Waals surface area (Å²) in [6, 6.07) is 10.0. The molecule has 5 aliphatic rings. The second-order valence-electron chi connectivity index (χ2n) is 8.44. The number of ether oxygens (including phenoxy) is 1. The SMILES string of the molecule is O=C1OC2C(O)CC1C1C2N(CC2CCCCC2)C(=S)N1c1ccccc1. The number of hydrogen-bond acceptors (Lipinski definition) is 4. The quantitative estimate of drug-likeness (QED) is 0.637. The minimum Gasteiger partial charge on any atom is -0.457 e. The summed E-state index contributed by atoms with van der Waals surface area (Å²) in [7, 11) is 0. The van der Waals surface area contributed by atoms with Crippen molar-refractivity contribution in [3.8, 4) is 0 Å². The standard InChI is InChI=1S/C21H26N2O3S/c24-16-11-15-17-18(19(16)26-20(15)25)22(12-13-7-3-1-4-8-13)21(27)23(17)14-9-5-2-6-10-14/h2,5-6,9-10,13,15-19,24H,1,3-4,7-8,11-12H2. The maximum absolute atomic E-state index is 12.5. The van der Waals surface area contributed by atoms with E-state index in [1.54, 1.807) is 0 Å². The minimum atomic E-state index is -0.596. The highest BCUT2D eigenvalue weighted by atomic mass is 32.1. The van der Waals surface area contributed by atoms with Gasteiger partial charge in [0.2, 0.25) is 0 Å². The maximum Gasteiger partial charge on any atom is 0.311 e. The van der Waals surface area contributed by atoms with Gasteiger partial charge >= 0.3 is 5.97 Å². The second-order valence-corrected chi connectivity index (χ2v) is 8.80. The fourth-order valence-corrected chi connectivity index (χ4v) is 6.03. The Morgan fingerprint density at radius 3 is 2.59 bits per heavy atom. The van der Waals surface area contributed by atoms with Crippen molar-refractivity contribution >= 4 is 29.0 Å². The van der Waals surface area contributed by atoms with Gasteiger partial charge in [0.05, 0.1) is 24.1 Å². The highest BCUT2D eigenvalue weighted by Gasteiger charge is 2.63. The Kier molecular flexibility index (Phi) is 4.36. The van der Waals surface area contributed by atoms with Gasteiger partial charge in [0.25, 0.3) is 0 Å². The highest BCUT2D eigenvalue weighted by Crippen LogP contribution is 2.46. The van der Waals surface area contributed by atoms with Crippen molar-refractivity contribution in [3.63, 3.8) is 0 Å². The molecule has 3 saturated heterocycles. The van der Waals surface area contributed by atoms with Gasteiger partial charge < -0.3 is 19.6 Å². The van der Waals surface area contributed by atoms with Crippen LogP contribution in [0, 0.1) is 11.8 Å². The summed E-state index contributed by atoms with van der Waals surface area (Å²) in [6.07, 6.45) is 5.75. The number of rotatable bonds is 3. The first kappa shape index (κ1) is 17.4. The zero-order chi connectivity index (χ0) is 18.5. The molecule has 2 saturated carbocycles. The molecule has 144 valence electrons. The zero-order valence-electron chi connectivity index (χ0n) is 15.4. The van der Waals surface area contributed by atoms with E-state index in [1.807, 2.05) is 18.2 Å². The third-order valence-electron chi connectivity index (χ3n) is 6.85. The van der Waals surface area contributed by atoms with Crippen molar-refractivity contribution in [2.45, 2.75) is 62.8 Å². The van der Waals surface area contributed by atoms with E-state index in [9.17, 15) is 9.90 Å². The number of anilines is 1. The van der Waals surface area contributed by atoms with Gasteiger partial charge in [0.15, 0.2) is 5.11 Å². The highest BCUT2D eigenvalue weighted by molar-refractivity contribution is 7.80. The third-order valence-corrected chi connectivity index (χ3v) is 7.28. The number of para-hydroxylation sites is 1. The maximum atomic E-state index is 12.5. The summed E-state index contributed by atoms with van der Waals surface area (Å²) in [5.74, 6) is 0.112. The van der Waals surface area contributed by atoms with Crippen LogP contribution in [0.25, 0.3) is 0 Å². The van der Waals surface area contributed by atoms with E-state index in [2.05, 4.69) is 21.9 Å². The third kappa shape index (κ3) is 2.76. The molecule has 5 unspecified atom stereocenters. The molecular weight excluding hydrogens is 360 g/mol. The van der Waals surface area contributed by atoms with Crippen LogP contribution < -0.4 is 4.90 Å². The summed E-state index contributed by atoms with van der Waals surface area (Å²) >= 11 is 5.94. The number of carbonyl (C=O) groups is 1. The molecule has 3 aliphatic heterocycles. The summed E-state index contributed by atoms with van der Waals surface area (Å²) in [5.41, 5.74) is 1.03. The molecule has 5 fully saturated rings. The Labute approximate surface area is 165 Å². The van der Waals surface area contributed by atoms with Gasteiger partial charge in [-0.25, -0.2) is 0 Å². The van der Waals surface area contributed by atoms with E-state index in [0.717, 1.165) is 17.3 Å². The van der Waals surface area contributed by atoms with E-state index in [1.165, 1.54) is 32.1 Å². The fourth-order valence-electron chi connectivity index (χ4n) is 5.61. The molecule has 2 aliphatic carbocycles. The predicted octanol–water partition coefficient (Wildman–Crippen LogP) is 2.72. The van der Waals surface area contributed by atoms with Gasteiger partial charge in [-0.1, -0.05) is 37.5 Å². The van der Waals surface area contributed by atoms with Crippen molar-refractivity contribution in [2.75, 3.05) is 11.4 Å². The van der Waals surface area contributed by atoms with Gasteiger partial charge in [0, 0.05) is 12.2 Å². The lowest BCUT2D eigenvalue weighted by molar-refractivity contribution is -0.194. The van der Waals surface area contributed by atoms with Crippen LogP contribution in [0.3, 0.4) is 0 Å². The number of fused-ring (bicyclic) bond motifs is 2. The van der Waals surface area contributed by atoms with Gasteiger partial charge in [-0.2, -0.15) is 0 Å². The monoisotopic (exact) mass is 386 g/mol. The van der Waals surface area contributed by atoms with Crippen molar-refractivity contribution in [3.05, 3.63) is 30.3 Å². The number of nitrogens with zero attached hydrogens (tertiary/aromatic N) is 2. The van der Waals surface area contributed by atoms with Gasteiger partial charge in [0.1, 0.15) is 6.10 Å². The van der Waals surface area contributed by atoms with Crippen molar-refractivity contribution in [2.24, 2.45) is 11.8 Å². The molecule has 0 amide bonds. The van der Waals surface area contributed by atoms with E-state index in [4.69, 9.17) is 17.0 Å². The van der Waals surface area contributed by atoms with Crippen molar-refractivity contribution in [1.82, 2.24) is 4.90 Å². The minimum absolute atomic E-state index is 0.0434. The Morgan fingerprint density at radius 1 is 1.11 bits per heavy atom. The number of benzene rings is 1. The Balaban J connectivity index is 1.52. The first-order chi connectivity index (χ1) is 13.1. The fraction of sp³-hybridized carbons (Fsp3) is 0.619. The zero-order valence-corrected chi connectivity index (χ0v) is 16.2.